The first kappa shape index (κ1) is 17.7. The third-order valence-electron chi connectivity index (χ3n) is 2.78. The van der Waals surface area contributed by atoms with Gasteiger partial charge in [-0.25, -0.2) is 9.59 Å². The Balaban J connectivity index is 5.26. The number of rotatable bonds is 6. The van der Waals surface area contributed by atoms with Gasteiger partial charge in [0.15, 0.2) is 0 Å². The summed E-state index contributed by atoms with van der Waals surface area (Å²) in [6, 6.07) is 0. The number of esters is 2. The van der Waals surface area contributed by atoms with Gasteiger partial charge in [0.1, 0.15) is 5.57 Å². The molecule has 0 radical (unpaired) electrons. The molecule has 0 unspecified atom stereocenters. The van der Waals surface area contributed by atoms with Crippen molar-refractivity contribution in [3.63, 3.8) is 0 Å². The van der Waals surface area contributed by atoms with Gasteiger partial charge in [-0.2, -0.15) is 0 Å². The van der Waals surface area contributed by atoms with Crippen molar-refractivity contribution in [3.05, 3.63) is 11.1 Å². The van der Waals surface area contributed by atoms with Gasteiger partial charge in [-0.3, -0.25) is 0 Å². The number of hydrogen-bond donors (Lipinski definition) is 0. The molecule has 0 atom stereocenters. The second kappa shape index (κ2) is 7.97. The topological polar surface area (TPSA) is 52.6 Å². The summed E-state index contributed by atoms with van der Waals surface area (Å²) in [4.78, 5) is 24.0. The van der Waals surface area contributed by atoms with Crippen LogP contribution in [0.1, 0.15) is 54.4 Å². The number of carbonyl (C=O) groups is 2. The summed E-state index contributed by atoms with van der Waals surface area (Å²) in [5, 5.41) is 0. The van der Waals surface area contributed by atoms with Crippen LogP contribution in [0.5, 0.6) is 0 Å². The predicted molar refractivity (Wildman–Crippen MR) is 74.7 cm³/mol. The third-order valence-corrected chi connectivity index (χ3v) is 2.78. The SMILES string of the molecule is CCCOC(=O)C(C(=O)OCCC)=C(C)C(C)(C)C. The Labute approximate surface area is 116 Å². The van der Waals surface area contributed by atoms with Crippen LogP contribution in [0.4, 0.5) is 0 Å². The van der Waals surface area contributed by atoms with Gasteiger partial charge in [0.05, 0.1) is 13.2 Å². The van der Waals surface area contributed by atoms with E-state index >= 15 is 0 Å². The lowest BCUT2D eigenvalue weighted by Crippen LogP contribution is -2.24. The van der Waals surface area contributed by atoms with Crippen LogP contribution < -0.4 is 0 Å². The van der Waals surface area contributed by atoms with Gasteiger partial charge in [0.25, 0.3) is 0 Å². The largest absolute Gasteiger partial charge is 0.462 e. The molecule has 0 saturated heterocycles. The second-order valence-corrected chi connectivity index (χ2v) is 5.52. The van der Waals surface area contributed by atoms with Crippen LogP contribution in [0.25, 0.3) is 0 Å². The van der Waals surface area contributed by atoms with E-state index in [1.165, 1.54) is 0 Å². The molecular formula is C15H26O4. The molecule has 0 aliphatic rings. The monoisotopic (exact) mass is 270 g/mol. The van der Waals surface area contributed by atoms with Crippen LogP contribution >= 0.6 is 0 Å². The van der Waals surface area contributed by atoms with Crippen LogP contribution in [0.15, 0.2) is 11.1 Å². The van der Waals surface area contributed by atoms with Crippen molar-refractivity contribution in [2.75, 3.05) is 13.2 Å². The number of ether oxygens (including phenoxy) is 2. The molecule has 4 heteroatoms. The van der Waals surface area contributed by atoms with Crippen LogP contribution in [0, 0.1) is 5.41 Å². The summed E-state index contributed by atoms with van der Waals surface area (Å²) < 4.78 is 10.1. The zero-order valence-corrected chi connectivity index (χ0v) is 13.0. The molecule has 19 heavy (non-hydrogen) atoms. The third kappa shape index (κ3) is 5.90. The standard InChI is InChI=1S/C15H26O4/c1-7-9-18-13(16)12(11(3)15(4,5)6)14(17)19-10-8-2/h7-10H2,1-6H3. The second-order valence-electron chi connectivity index (χ2n) is 5.52. The fourth-order valence-electron chi connectivity index (χ4n) is 1.30. The van der Waals surface area contributed by atoms with Crippen molar-refractivity contribution < 1.29 is 19.1 Å². The van der Waals surface area contributed by atoms with E-state index < -0.39 is 11.9 Å². The van der Waals surface area contributed by atoms with Gasteiger partial charge in [0.2, 0.25) is 0 Å². The summed E-state index contributed by atoms with van der Waals surface area (Å²) in [6.07, 6.45) is 1.44. The minimum absolute atomic E-state index is 0.0365. The lowest BCUT2D eigenvalue weighted by molar-refractivity contribution is -0.147. The summed E-state index contributed by atoms with van der Waals surface area (Å²) >= 11 is 0. The molecule has 4 nitrogen and oxygen atoms in total. The van der Waals surface area contributed by atoms with Crippen molar-refractivity contribution in [2.45, 2.75) is 54.4 Å². The Hall–Kier alpha value is -1.32. The smallest absolute Gasteiger partial charge is 0.345 e. The van der Waals surface area contributed by atoms with Crippen molar-refractivity contribution in [1.82, 2.24) is 0 Å². The zero-order chi connectivity index (χ0) is 15.1. The highest BCUT2D eigenvalue weighted by molar-refractivity contribution is 6.14. The predicted octanol–water partition coefficient (Wildman–Crippen LogP) is 3.26. The van der Waals surface area contributed by atoms with Crippen LogP contribution in [-0.4, -0.2) is 25.2 Å². The summed E-state index contributed by atoms with van der Waals surface area (Å²) in [7, 11) is 0. The molecule has 110 valence electrons. The van der Waals surface area contributed by atoms with Crippen molar-refractivity contribution >= 4 is 11.9 Å². The first-order chi connectivity index (χ1) is 8.75. The highest BCUT2D eigenvalue weighted by atomic mass is 16.6. The first-order valence-electron chi connectivity index (χ1n) is 6.81. The highest BCUT2D eigenvalue weighted by Gasteiger charge is 2.29. The van der Waals surface area contributed by atoms with E-state index in [1.807, 2.05) is 34.6 Å². The molecule has 0 aliphatic heterocycles. The molecule has 0 spiro atoms. The first-order valence-corrected chi connectivity index (χ1v) is 6.81. The maximum Gasteiger partial charge on any atom is 0.345 e. The number of carbonyl (C=O) groups excluding carboxylic acids is 2. The number of allylic oxidation sites excluding steroid dienone is 1. The molecule has 0 saturated carbocycles. The Morgan fingerprint density at radius 3 is 1.53 bits per heavy atom. The molecule has 0 fully saturated rings. The van der Waals surface area contributed by atoms with E-state index in [0.29, 0.717) is 18.8 Å². The molecule has 0 aromatic carbocycles. The molecule has 0 rings (SSSR count). The van der Waals surface area contributed by atoms with Gasteiger partial charge in [-0.1, -0.05) is 34.6 Å². The van der Waals surface area contributed by atoms with Crippen molar-refractivity contribution in [3.8, 4) is 0 Å². The Morgan fingerprint density at radius 2 is 1.26 bits per heavy atom. The maximum absolute atomic E-state index is 12.0. The lowest BCUT2D eigenvalue weighted by Gasteiger charge is -2.22. The summed E-state index contributed by atoms with van der Waals surface area (Å²) in [6.45, 7) is 12.0. The van der Waals surface area contributed by atoms with Gasteiger partial charge in [-0.05, 0) is 30.8 Å². The van der Waals surface area contributed by atoms with E-state index in [1.54, 1.807) is 6.92 Å². The average molecular weight is 270 g/mol. The quantitative estimate of drug-likeness (QED) is 0.322. The van der Waals surface area contributed by atoms with Crippen molar-refractivity contribution in [2.24, 2.45) is 5.41 Å². The number of hydrogen-bond acceptors (Lipinski definition) is 4. The van der Waals surface area contributed by atoms with E-state index in [-0.39, 0.29) is 11.0 Å². The average Bonchev–Trinajstić information content (AvgIpc) is 2.32. The van der Waals surface area contributed by atoms with Crippen LogP contribution in [0.2, 0.25) is 0 Å². The summed E-state index contributed by atoms with van der Waals surface area (Å²) in [5.74, 6) is -1.18. The Bertz CT molecular complexity index is 326. The molecule has 0 N–H and O–H groups in total. The van der Waals surface area contributed by atoms with Gasteiger partial charge in [-0.15, -0.1) is 0 Å². The van der Waals surface area contributed by atoms with E-state index in [0.717, 1.165) is 12.8 Å². The normalized spacial score (nSPS) is 10.8. The molecule has 0 bridgehead atoms. The Morgan fingerprint density at radius 1 is 0.895 bits per heavy atom. The minimum atomic E-state index is -0.588. The summed E-state index contributed by atoms with van der Waals surface area (Å²) in [5.41, 5.74) is 0.440. The van der Waals surface area contributed by atoms with Gasteiger partial charge < -0.3 is 9.47 Å². The molecule has 0 amide bonds. The zero-order valence-electron chi connectivity index (χ0n) is 13.0. The fourth-order valence-corrected chi connectivity index (χ4v) is 1.30. The van der Waals surface area contributed by atoms with E-state index in [2.05, 4.69) is 0 Å². The maximum atomic E-state index is 12.0. The Kier molecular flexibility index (Phi) is 7.42. The molecular weight excluding hydrogens is 244 g/mol. The van der Waals surface area contributed by atoms with Gasteiger partial charge in [0, 0.05) is 0 Å². The lowest BCUT2D eigenvalue weighted by atomic mass is 9.84. The van der Waals surface area contributed by atoms with Crippen LogP contribution in [-0.2, 0) is 19.1 Å². The highest BCUT2D eigenvalue weighted by Crippen LogP contribution is 2.28. The minimum Gasteiger partial charge on any atom is -0.462 e. The molecule has 0 heterocycles. The molecule has 0 aromatic heterocycles. The van der Waals surface area contributed by atoms with Gasteiger partial charge >= 0.3 is 11.9 Å². The van der Waals surface area contributed by atoms with E-state index in [4.69, 9.17) is 9.47 Å². The van der Waals surface area contributed by atoms with E-state index in [9.17, 15) is 9.59 Å². The van der Waals surface area contributed by atoms with Crippen LogP contribution in [0.3, 0.4) is 0 Å². The molecule has 0 aliphatic carbocycles. The van der Waals surface area contributed by atoms with Crippen molar-refractivity contribution in [1.29, 1.82) is 0 Å². The molecule has 0 aromatic rings. The fraction of sp³-hybridized carbons (Fsp3) is 0.733.